The molecule has 0 bridgehead atoms. The van der Waals surface area contributed by atoms with E-state index in [1.165, 1.54) is 6.33 Å². The highest BCUT2D eigenvalue weighted by molar-refractivity contribution is 5.94. The van der Waals surface area contributed by atoms with Gasteiger partial charge in [-0.1, -0.05) is 18.2 Å². The third-order valence-corrected chi connectivity index (χ3v) is 4.59. The Morgan fingerprint density at radius 3 is 2.81 bits per heavy atom. The summed E-state index contributed by atoms with van der Waals surface area (Å²) >= 11 is 0. The highest BCUT2D eigenvalue weighted by atomic mass is 16.3. The maximum absolute atomic E-state index is 12.2. The van der Waals surface area contributed by atoms with Crippen LogP contribution in [-0.4, -0.2) is 60.3 Å². The SMILES string of the molecule is CN(C)c1cc(N2CCC[C@](O)(CNC(=O)c3ccccc3)C2)ncn1. The Labute approximate surface area is 153 Å². The van der Waals surface area contributed by atoms with Gasteiger partial charge in [0.1, 0.15) is 18.0 Å². The number of β-amino-alcohol motifs (C(OH)–C–C–N with tert-alkyl or cyclic N) is 1. The highest BCUT2D eigenvalue weighted by Gasteiger charge is 2.34. The topological polar surface area (TPSA) is 81.6 Å². The maximum Gasteiger partial charge on any atom is 0.251 e. The number of aliphatic hydroxyl groups is 1. The van der Waals surface area contributed by atoms with E-state index in [1.54, 1.807) is 12.1 Å². The molecule has 0 radical (unpaired) electrons. The average molecular weight is 355 g/mol. The number of nitrogens with one attached hydrogen (secondary N) is 1. The van der Waals surface area contributed by atoms with Crippen LogP contribution in [0.1, 0.15) is 23.2 Å². The summed E-state index contributed by atoms with van der Waals surface area (Å²) in [4.78, 5) is 24.8. The molecular weight excluding hydrogens is 330 g/mol. The van der Waals surface area contributed by atoms with Crippen LogP contribution in [-0.2, 0) is 0 Å². The number of carbonyl (C=O) groups is 1. The molecular formula is C19H25N5O2. The number of rotatable bonds is 5. The predicted octanol–water partition coefficient (Wildman–Crippen LogP) is 1.30. The van der Waals surface area contributed by atoms with Crippen LogP contribution < -0.4 is 15.1 Å². The molecule has 0 saturated carbocycles. The Morgan fingerprint density at radius 1 is 1.31 bits per heavy atom. The fourth-order valence-corrected chi connectivity index (χ4v) is 3.14. The normalized spacial score (nSPS) is 19.9. The molecule has 0 spiro atoms. The number of piperidine rings is 1. The van der Waals surface area contributed by atoms with Crippen molar-refractivity contribution in [2.75, 3.05) is 43.5 Å². The van der Waals surface area contributed by atoms with Gasteiger partial charge >= 0.3 is 0 Å². The van der Waals surface area contributed by atoms with Crippen molar-refractivity contribution >= 4 is 17.5 Å². The first-order valence-corrected chi connectivity index (χ1v) is 8.77. The van der Waals surface area contributed by atoms with Crippen molar-refractivity contribution in [3.05, 3.63) is 48.3 Å². The van der Waals surface area contributed by atoms with Gasteiger partial charge in [-0.05, 0) is 25.0 Å². The summed E-state index contributed by atoms with van der Waals surface area (Å²) in [5.41, 5.74) is -0.387. The molecule has 0 aliphatic carbocycles. The number of hydrogen-bond acceptors (Lipinski definition) is 6. The molecule has 1 amide bonds. The monoisotopic (exact) mass is 355 g/mol. The van der Waals surface area contributed by atoms with E-state index in [1.807, 2.05) is 48.2 Å². The lowest BCUT2D eigenvalue weighted by molar-refractivity contribution is 0.0254. The van der Waals surface area contributed by atoms with Gasteiger partial charge < -0.3 is 20.2 Å². The number of anilines is 2. The molecule has 1 saturated heterocycles. The molecule has 1 fully saturated rings. The molecule has 2 N–H and O–H groups in total. The molecule has 1 aliphatic heterocycles. The van der Waals surface area contributed by atoms with Crippen molar-refractivity contribution in [1.82, 2.24) is 15.3 Å². The van der Waals surface area contributed by atoms with Crippen LogP contribution in [0.2, 0.25) is 0 Å². The summed E-state index contributed by atoms with van der Waals surface area (Å²) < 4.78 is 0. The van der Waals surface area contributed by atoms with Gasteiger partial charge in [-0.25, -0.2) is 9.97 Å². The van der Waals surface area contributed by atoms with E-state index in [-0.39, 0.29) is 12.5 Å². The smallest absolute Gasteiger partial charge is 0.251 e. The van der Waals surface area contributed by atoms with Crippen molar-refractivity contribution in [3.8, 4) is 0 Å². The molecule has 0 unspecified atom stereocenters. The van der Waals surface area contributed by atoms with Gasteiger partial charge in [0.25, 0.3) is 5.91 Å². The van der Waals surface area contributed by atoms with E-state index < -0.39 is 5.60 Å². The quantitative estimate of drug-likeness (QED) is 0.841. The highest BCUT2D eigenvalue weighted by Crippen LogP contribution is 2.25. The van der Waals surface area contributed by atoms with Gasteiger partial charge in [0.2, 0.25) is 0 Å². The van der Waals surface area contributed by atoms with Crippen LogP contribution in [0, 0.1) is 0 Å². The molecule has 1 atom stereocenters. The van der Waals surface area contributed by atoms with Gasteiger partial charge in [-0.15, -0.1) is 0 Å². The first-order chi connectivity index (χ1) is 12.5. The second-order valence-electron chi connectivity index (χ2n) is 6.93. The first kappa shape index (κ1) is 18.1. The molecule has 138 valence electrons. The largest absolute Gasteiger partial charge is 0.386 e. The molecule has 3 rings (SSSR count). The second-order valence-corrected chi connectivity index (χ2v) is 6.93. The molecule has 1 aromatic carbocycles. The van der Waals surface area contributed by atoms with Crippen molar-refractivity contribution in [2.24, 2.45) is 0 Å². The standard InChI is InChI=1S/C19H25N5O2/c1-23(2)16-11-17(22-14-21-16)24-10-6-9-19(26,13-24)12-20-18(25)15-7-4-3-5-8-15/h3-5,7-8,11,14,26H,6,9-10,12-13H2,1-2H3,(H,20,25)/t19-/m0/s1. The van der Waals surface area contributed by atoms with Crippen LogP contribution in [0.15, 0.2) is 42.7 Å². The zero-order valence-electron chi connectivity index (χ0n) is 15.2. The molecule has 7 heteroatoms. The summed E-state index contributed by atoms with van der Waals surface area (Å²) in [5, 5.41) is 13.8. The van der Waals surface area contributed by atoms with Crippen LogP contribution in [0.25, 0.3) is 0 Å². The number of amides is 1. The summed E-state index contributed by atoms with van der Waals surface area (Å²) in [7, 11) is 3.86. The summed E-state index contributed by atoms with van der Waals surface area (Å²) in [5.74, 6) is 1.44. The molecule has 1 aliphatic rings. The zero-order valence-corrected chi connectivity index (χ0v) is 15.2. The van der Waals surface area contributed by atoms with Crippen LogP contribution in [0.3, 0.4) is 0 Å². The van der Waals surface area contributed by atoms with Gasteiger partial charge in [-0.2, -0.15) is 0 Å². The first-order valence-electron chi connectivity index (χ1n) is 8.77. The van der Waals surface area contributed by atoms with Gasteiger partial charge in [0, 0.05) is 45.4 Å². The van der Waals surface area contributed by atoms with Crippen molar-refractivity contribution < 1.29 is 9.90 Å². The number of benzene rings is 1. The van der Waals surface area contributed by atoms with E-state index in [0.29, 0.717) is 18.5 Å². The number of nitrogens with zero attached hydrogens (tertiary/aromatic N) is 4. The third kappa shape index (κ3) is 4.29. The summed E-state index contributed by atoms with van der Waals surface area (Å²) in [6.07, 6.45) is 3.01. The Bertz CT molecular complexity index is 753. The minimum absolute atomic E-state index is 0.173. The van der Waals surface area contributed by atoms with E-state index in [0.717, 1.165) is 24.6 Å². The zero-order chi connectivity index (χ0) is 18.6. The molecule has 7 nitrogen and oxygen atoms in total. The van der Waals surface area contributed by atoms with Gasteiger partial charge in [-0.3, -0.25) is 4.79 Å². The van der Waals surface area contributed by atoms with E-state index in [4.69, 9.17) is 0 Å². The molecule has 2 heterocycles. The lowest BCUT2D eigenvalue weighted by atomic mass is 9.92. The van der Waals surface area contributed by atoms with E-state index in [9.17, 15) is 9.90 Å². The Kier molecular flexibility index (Phi) is 5.37. The van der Waals surface area contributed by atoms with Crippen LogP contribution >= 0.6 is 0 Å². The van der Waals surface area contributed by atoms with E-state index >= 15 is 0 Å². The minimum atomic E-state index is -0.980. The van der Waals surface area contributed by atoms with Crippen LogP contribution in [0.5, 0.6) is 0 Å². The van der Waals surface area contributed by atoms with Crippen molar-refractivity contribution in [3.63, 3.8) is 0 Å². The Hall–Kier alpha value is -2.67. The fourth-order valence-electron chi connectivity index (χ4n) is 3.14. The minimum Gasteiger partial charge on any atom is -0.386 e. The average Bonchev–Trinajstić information content (AvgIpc) is 2.67. The number of carbonyl (C=O) groups excluding carboxylic acids is 1. The van der Waals surface area contributed by atoms with Crippen molar-refractivity contribution in [1.29, 1.82) is 0 Å². The summed E-state index contributed by atoms with van der Waals surface area (Å²) in [6.45, 7) is 1.45. The Balaban J connectivity index is 1.65. The molecule has 26 heavy (non-hydrogen) atoms. The second kappa shape index (κ2) is 7.70. The van der Waals surface area contributed by atoms with Crippen molar-refractivity contribution in [2.45, 2.75) is 18.4 Å². The molecule has 2 aromatic rings. The maximum atomic E-state index is 12.2. The van der Waals surface area contributed by atoms with Gasteiger partial charge in [0.05, 0.1) is 5.60 Å². The lowest BCUT2D eigenvalue weighted by Gasteiger charge is -2.40. The Morgan fingerprint density at radius 2 is 2.08 bits per heavy atom. The lowest BCUT2D eigenvalue weighted by Crippen LogP contribution is -2.54. The predicted molar refractivity (Wildman–Crippen MR) is 102 cm³/mol. The van der Waals surface area contributed by atoms with E-state index in [2.05, 4.69) is 15.3 Å². The fraction of sp³-hybridized carbons (Fsp3) is 0.421. The van der Waals surface area contributed by atoms with Gasteiger partial charge in [0.15, 0.2) is 0 Å². The van der Waals surface area contributed by atoms with Crippen LogP contribution in [0.4, 0.5) is 11.6 Å². The summed E-state index contributed by atoms with van der Waals surface area (Å²) in [6, 6.07) is 10.9. The third-order valence-electron chi connectivity index (χ3n) is 4.59. The molecule has 1 aromatic heterocycles. The number of hydrogen-bond donors (Lipinski definition) is 2. The number of aromatic nitrogens is 2.